The highest BCUT2D eigenvalue weighted by Crippen LogP contribution is 2.27. The minimum atomic E-state index is 0.0599. The normalized spacial score (nSPS) is 21.2. The summed E-state index contributed by atoms with van der Waals surface area (Å²) in [7, 11) is 0. The molecule has 1 heterocycles. The maximum absolute atomic E-state index is 11.5. The van der Waals surface area contributed by atoms with Crippen LogP contribution >= 0.6 is 0 Å². The van der Waals surface area contributed by atoms with E-state index in [-0.39, 0.29) is 12.1 Å². The summed E-state index contributed by atoms with van der Waals surface area (Å²) in [5.41, 5.74) is 0. The number of hydrogen-bond donors (Lipinski definition) is 1. The van der Waals surface area contributed by atoms with Crippen LogP contribution in [0.4, 0.5) is 0 Å². The summed E-state index contributed by atoms with van der Waals surface area (Å²) in [4.78, 5) is 16.3. The molecule has 1 rings (SSSR count). The number of carbonyl (C=O) groups excluding carboxylic acids is 1. The third-order valence-electron chi connectivity index (χ3n) is 7.54. The fourth-order valence-electron chi connectivity index (χ4n) is 5.27. The van der Waals surface area contributed by atoms with E-state index in [0.29, 0.717) is 6.17 Å². The van der Waals surface area contributed by atoms with Crippen molar-refractivity contribution in [3.8, 4) is 0 Å². The number of amides is 1. The van der Waals surface area contributed by atoms with Crippen molar-refractivity contribution >= 4 is 12.1 Å². The standard InChI is InChI=1S/C29H55N3O/c1-5-7-8-9-10-11-12-13-14-15-16-17-18-19-20-21-22-23-24-29-30-25-26-32(29,6-2)27(3)31-28(4)33/h9-10,25,27,29H,5-8,11-24,26H2,1-4H3/p+1/b10-9+. The van der Waals surface area contributed by atoms with Gasteiger partial charge in [-0.2, -0.15) is 0 Å². The molecule has 0 radical (unpaired) electrons. The summed E-state index contributed by atoms with van der Waals surface area (Å²) >= 11 is 0. The monoisotopic (exact) mass is 462 g/mol. The highest BCUT2D eigenvalue weighted by molar-refractivity contribution is 5.73. The average Bonchev–Trinajstić information content (AvgIpc) is 3.22. The predicted octanol–water partition coefficient (Wildman–Crippen LogP) is 7.92. The number of nitrogens with zero attached hydrogens (tertiary/aromatic N) is 2. The molecule has 3 unspecified atom stereocenters. The van der Waals surface area contributed by atoms with E-state index in [4.69, 9.17) is 4.99 Å². The van der Waals surface area contributed by atoms with Gasteiger partial charge in [-0.05, 0) is 32.6 Å². The molecule has 0 aromatic heterocycles. The smallest absolute Gasteiger partial charge is 0.221 e. The number of rotatable bonds is 21. The van der Waals surface area contributed by atoms with E-state index in [1.165, 1.54) is 103 Å². The van der Waals surface area contributed by atoms with E-state index in [1.54, 1.807) is 6.92 Å². The molecular weight excluding hydrogens is 406 g/mol. The quantitative estimate of drug-likeness (QED) is 0.105. The number of allylic oxidation sites excluding steroid dienone is 2. The Morgan fingerprint density at radius 1 is 0.909 bits per heavy atom. The molecule has 0 saturated carbocycles. The van der Waals surface area contributed by atoms with Gasteiger partial charge in [0.1, 0.15) is 6.54 Å². The van der Waals surface area contributed by atoms with E-state index < -0.39 is 0 Å². The van der Waals surface area contributed by atoms with Gasteiger partial charge >= 0.3 is 0 Å². The molecule has 3 atom stereocenters. The Kier molecular flexibility index (Phi) is 17.4. The van der Waals surface area contributed by atoms with Crippen molar-refractivity contribution in [2.75, 3.05) is 13.1 Å². The van der Waals surface area contributed by atoms with E-state index in [2.05, 4.69) is 44.5 Å². The van der Waals surface area contributed by atoms with Crippen LogP contribution in [0.2, 0.25) is 0 Å². The minimum Gasteiger partial charge on any atom is -0.307 e. The van der Waals surface area contributed by atoms with Gasteiger partial charge in [0.05, 0.1) is 12.8 Å². The molecular formula is C29H56N3O+. The van der Waals surface area contributed by atoms with Gasteiger partial charge in [0.15, 0.2) is 12.3 Å². The lowest BCUT2D eigenvalue weighted by Gasteiger charge is -2.42. The Labute approximate surface area is 206 Å². The van der Waals surface area contributed by atoms with Gasteiger partial charge < -0.3 is 5.32 Å². The fourth-order valence-corrected chi connectivity index (χ4v) is 5.27. The lowest BCUT2D eigenvalue weighted by atomic mass is 10.0. The van der Waals surface area contributed by atoms with Gasteiger partial charge in [0, 0.05) is 20.3 Å². The van der Waals surface area contributed by atoms with Crippen molar-refractivity contribution in [2.45, 2.75) is 149 Å². The molecule has 0 bridgehead atoms. The fraction of sp³-hybridized carbons (Fsp3) is 0.862. The largest absolute Gasteiger partial charge is 0.307 e. The molecule has 0 aromatic carbocycles. The van der Waals surface area contributed by atoms with Crippen molar-refractivity contribution in [3.05, 3.63) is 12.2 Å². The van der Waals surface area contributed by atoms with Crippen LogP contribution in [-0.4, -0.2) is 42.0 Å². The predicted molar refractivity (Wildman–Crippen MR) is 145 cm³/mol. The van der Waals surface area contributed by atoms with Crippen LogP contribution in [0.15, 0.2) is 17.1 Å². The Morgan fingerprint density at radius 2 is 1.42 bits per heavy atom. The maximum atomic E-state index is 11.5. The van der Waals surface area contributed by atoms with E-state index in [1.807, 2.05) is 0 Å². The second kappa shape index (κ2) is 19.2. The lowest BCUT2D eigenvalue weighted by molar-refractivity contribution is -0.959. The number of aliphatic imine (C=N–C) groups is 1. The third-order valence-corrected chi connectivity index (χ3v) is 7.54. The molecule has 33 heavy (non-hydrogen) atoms. The van der Waals surface area contributed by atoms with Crippen molar-refractivity contribution in [3.63, 3.8) is 0 Å². The highest BCUT2D eigenvalue weighted by atomic mass is 16.1. The summed E-state index contributed by atoms with van der Waals surface area (Å²) in [6, 6.07) is 0. The summed E-state index contributed by atoms with van der Waals surface area (Å²) in [6.45, 7) is 10.2. The van der Waals surface area contributed by atoms with E-state index in [0.717, 1.165) is 24.0 Å². The van der Waals surface area contributed by atoms with Gasteiger partial charge in [-0.1, -0.05) is 96.1 Å². The molecule has 0 aromatic rings. The van der Waals surface area contributed by atoms with Crippen LogP contribution in [0, 0.1) is 0 Å². The molecule has 1 aliphatic rings. The van der Waals surface area contributed by atoms with Crippen molar-refractivity contribution in [2.24, 2.45) is 4.99 Å². The van der Waals surface area contributed by atoms with Crippen molar-refractivity contribution < 1.29 is 9.28 Å². The first kappa shape index (κ1) is 29.9. The van der Waals surface area contributed by atoms with Crippen molar-refractivity contribution in [1.82, 2.24) is 5.32 Å². The Balaban J connectivity index is 1.96. The molecule has 4 nitrogen and oxygen atoms in total. The lowest BCUT2D eigenvalue weighted by Crippen LogP contribution is -2.63. The van der Waals surface area contributed by atoms with Gasteiger partial charge in [-0.25, -0.2) is 4.99 Å². The third kappa shape index (κ3) is 12.8. The van der Waals surface area contributed by atoms with Crippen LogP contribution < -0.4 is 5.32 Å². The number of quaternary nitrogens is 1. The second-order valence-electron chi connectivity index (χ2n) is 10.2. The van der Waals surface area contributed by atoms with Gasteiger partial charge in [-0.3, -0.25) is 9.28 Å². The van der Waals surface area contributed by atoms with Crippen molar-refractivity contribution in [1.29, 1.82) is 0 Å². The number of unbranched alkanes of at least 4 members (excludes halogenated alkanes) is 14. The van der Waals surface area contributed by atoms with E-state index in [9.17, 15) is 4.79 Å². The first-order valence-electron chi connectivity index (χ1n) is 14.4. The number of carbonyl (C=O) groups is 1. The maximum Gasteiger partial charge on any atom is 0.221 e. The summed E-state index contributed by atoms with van der Waals surface area (Å²) < 4.78 is 0.884. The zero-order valence-corrected chi connectivity index (χ0v) is 22.6. The van der Waals surface area contributed by atoms with Gasteiger partial charge in [0.25, 0.3) is 0 Å². The average molecular weight is 463 g/mol. The molecule has 0 spiro atoms. The summed E-state index contributed by atoms with van der Waals surface area (Å²) in [5, 5.41) is 3.12. The summed E-state index contributed by atoms with van der Waals surface area (Å²) in [6.07, 6.45) is 30.2. The molecule has 1 aliphatic heterocycles. The van der Waals surface area contributed by atoms with E-state index >= 15 is 0 Å². The zero-order valence-electron chi connectivity index (χ0n) is 22.6. The molecule has 0 aliphatic carbocycles. The Hall–Kier alpha value is -1.16. The van der Waals surface area contributed by atoms with Crippen LogP contribution in [0.5, 0.6) is 0 Å². The second-order valence-corrected chi connectivity index (χ2v) is 10.2. The summed E-state index contributed by atoms with van der Waals surface area (Å²) in [5.74, 6) is 0.0599. The Bertz CT molecular complexity index is 545. The van der Waals surface area contributed by atoms with Gasteiger partial charge in [-0.15, -0.1) is 0 Å². The van der Waals surface area contributed by atoms with Gasteiger partial charge in [0.2, 0.25) is 5.91 Å². The first-order valence-corrected chi connectivity index (χ1v) is 14.4. The molecule has 192 valence electrons. The molecule has 4 heteroatoms. The number of hydrogen-bond acceptors (Lipinski definition) is 2. The minimum absolute atomic E-state index is 0.0599. The zero-order chi connectivity index (χ0) is 24.2. The first-order chi connectivity index (χ1) is 16.1. The molecule has 0 fully saturated rings. The highest BCUT2D eigenvalue weighted by Gasteiger charge is 2.42. The topological polar surface area (TPSA) is 41.5 Å². The molecule has 1 amide bonds. The van der Waals surface area contributed by atoms with Crippen LogP contribution in [0.1, 0.15) is 137 Å². The SMILES string of the molecule is CCCC/C=C/CCCCCCCCCCCCCCC1N=CC[N+]1(CC)C(C)NC(C)=O. The number of nitrogens with one attached hydrogen (secondary N) is 1. The van der Waals surface area contributed by atoms with Crippen LogP contribution in [0.25, 0.3) is 0 Å². The van der Waals surface area contributed by atoms with Crippen LogP contribution in [0.3, 0.4) is 0 Å². The molecule has 1 N–H and O–H groups in total. The Morgan fingerprint density at radius 3 is 1.94 bits per heavy atom. The van der Waals surface area contributed by atoms with Crippen LogP contribution in [-0.2, 0) is 4.79 Å². The molecule has 0 saturated heterocycles.